The summed E-state index contributed by atoms with van der Waals surface area (Å²) >= 11 is 2.93. The van der Waals surface area contributed by atoms with Gasteiger partial charge in [0.2, 0.25) is 5.91 Å². The largest absolute Gasteiger partial charge is 0.384 e. The van der Waals surface area contributed by atoms with Gasteiger partial charge in [0.15, 0.2) is 6.10 Å². The van der Waals surface area contributed by atoms with Gasteiger partial charge >= 0.3 is 0 Å². The van der Waals surface area contributed by atoms with Crippen LogP contribution in [0.2, 0.25) is 0 Å². The monoisotopic (exact) mass is 269 g/mol. The highest BCUT2D eigenvalue weighted by molar-refractivity contribution is 7.21. The molecule has 2 atom stereocenters. The molecule has 0 aliphatic carbocycles. The first-order valence-electron chi connectivity index (χ1n) is 4.88. The molecule has 2 aromatic heterocycles. The summed E-state index contributed by atoms with van der Waals surface area (Å²) < 4.78 is 0. The number of aliphatic hydroxyl groups excluding tert-OH is 2. The van der Waals surface area contributed by atoms with E-state index in [0.717, 1.165) is 9.75 Å². The second-order valence-electron chi connectivity index (χ2n) is 3.47. The van der Waals surface area contributed by atoms with E-state index >= 15 is 0 Å². The molecule has 0 aromatic carbocycles. The quantitative estimate of drug-likeness (QED) is 0.783. The Morgan fingerprint density at radius 3 is 2.59 bits per heavy atom. The van der Waals surface area contributed by atoms with Crippen LogP contribution in [-0.2, 0) is 4.79 Å². The first kappa shape index (κ1) is 12.3. The number of hydrogen-bond acceptors (Lipinski definition) is 5. The van der Waals surface area contributed by atoms with Crippen molar-refractivity contribution in [2.45, 2.75) is 12.2 Å². The highest BCUT2D eigenvalue weighted by atomic mass is 32.1. The molecule has 0 aliphatic heterocycles. The summed E-state index contributed by atoms with van der Waals surface area (Å²) in [5.74, 6) is -0.927. The fourth-order valence-corrected chi connectivity index (χ4v) is 3.23. The first-order chi connectivity index (χ1) is 8.09. The molecule has 17 heavy (non-hydrogen) atoms. The summed E-state index contributed by atoms with van der Waals surface area (Å²) in [6.07, 6.45) is -2.82. The van der Waals surface area contributed by atoms with Crippen LogP contribution in [0.3, 0.4) is 0 Å². The second-order valence-corrected chi connectivity index (χ2v) is 5.53. The van der Waals surface area contributed by atoms with Gasteiger partial charge in [0, 0.05) is 14.6 Å². The number of amides is 1. The Bertz CT molecular complexity index is 507. The number of rotatable bonds is 4. The van der Waals surface area contributed by atoms with Crippen LogP contribution in [0.5, 0.6) is 0 Å². The van der Waals surface area contributed by atoms with Crippen LogP contribution in [0.15, 0.2) is 29.6 Å². The Labute approximate surface area is 106 Å². The van der Waals surface area contributed by atoms with E-state index in [2.05, 4.69) is 0 Å². The Kier molecular flexibility index (Phi) is 3.58. The standard InChI is InChI=1S/C11H11NO3S2/c12-11(15)10(14)9(13)8-4-3-7(17-8)6-2-1-5-16-6/h1-5,9-10,13-14H,(H2,12,15). The van der Waals surface area contributed by atoms with Crippen LogP contribution < -0.4 is 5.73 Å². The van der Waals surface area contributed by atoms with Crippen molar-refractivity contribution in [3.05, 3.63) is 34.5 Å². The molecule has 4 nitrogen and oxygen atoms in total. The average molecular weight is 269 g/mol. The van der Waals surface area contributed by atoms with Crippen LogP contribution in [0.4, 0.5) is 0 Å². The third kappa shape index (κ3) is 2.55. The zero-order valence-electron chi connectivity index (χ0n) is 8.74. The molecule has 1 amide bonds. The van der Waals surface area contributed by atoms with E-state index in [1.54, 1.807) is 17.4 Å². The van der Waals surface area contributed by atoms with E-state index in [-0.39, 0.29) is 0 Å². The lowest BCUT2D eigenvalue weighted by Gasteiger charge is -2.12. The van der Waals surface area contributed by atoms with E-state index in [1.807, 2.05) is 23.6 Å². The van der Waals surface area contributed by atoms with Gasteiger partial charge in [-0.1, -0.05) is 6.07 Å². The van der Waals surface area contributed by atoms with Crippen LogP contribution in [0.1, 0.15) is 11.0 Å². The summed E-state index contributed by atoms with van der Waals surface area (Å²) in [5.41, 5.74) is 4.93. The molecule has 4 N–H and O–H groups in total. The normalized spacial score (nSPS) is 14.5. The molecule has 0 aliphatic rings. The summed E-state index contributed by atoms with van der Waals surface area (Å²) in [5, 5.41) is 21.1. The van der Waals surface area contributed by atoms with Crippen LogP contribution in [0.25, 0.3) is 9.75 Å². The van der Waals surface area contributed by atoms with Gasteiger partial charge in [-0.15, -0.1) is 22.7 Å². The molecular formula is C11H11NO3S2. The van der Waals surface area contributed by atoms with Gasteiger partial charge in [0.1, 0.15) is 6.10 Å². The predicted octanol–water partition coefficient (Wildman–Crippen LogP) is 1.36. The molecule has 0 radical (unpaired) electrons. The highest BCUT2D eigenvalue weighted by Gasteiger charge is 2.24. The number of hydrogen-bond donors (Lipinski definition) is 3. The lowest BCUT2D eigenvalue weighted by molar-refractivity contribution is -0.131. The molecule has 0 saturated carbocycles. The summed E-state index contributed by atoms with van der Waals surface area (Å²) in [6.45, 7) is 0. The Morgan fingerprint density at radius 1 is 1.24 bits per heavy atom. The van der Waals surface area contributed by atoms with Gasteiger partial charge in [0.25, 0.3) is 0 Å². The van der Waals surface area contributed by atoms with Gasteiger partial charge in [0.05, 0.1) is 0 Å². The molecule has 2 heterocycles. The number of carbonyl (C=O) groups excluding carboxylic acids is 1. The van der Waals surface area contributed by atoms with Gasteiger partial charge in [-0.2, -0.15) is 0 Å². The molecule has 0 saturated heterocycles. The SMILES string of the molecule is NC(=O)C(O)C(O)c1ccc(-c2cccs2)s1. The van der Waals surface area contributed by atoms with Crippen molar-refractivity contribution in [1.82, 2.24) is 0 Å². The summed E-state index contributed by atoms with van der Waals surface area (Å²) in [6, 6.07) is 7.45. The number of aliphatic hydroxyl groups is 2. The molecule has 0 bridgehead atoms. The van der Waals surface area contributed by atoms with Crippen molar-refractivity contribution in [3.63, 3.8) is 0 Å². The van der Waals surface area contributed by atoms with Gasteiger partial charge < -0.3 is 15.9 Å². The molecule has 0 fully saturated rings. The number of carbonyl (C=O) groups is 1. The van der Waals surface area contributed by atoms with Crippen molar-refractivity contribution >= 4 is 28.6 Å². The van der Waals surface area contributed by atoms with E-state index in [0.29, 0.717) is 4.88 Å². The third-order valence-corrected chi connectivity index (χ3v) is 4.49. The Morgan fingerprint density at radius 2 is 2.00 bits per heavy atom. The van der Waals surface area contributed by atoms with Crippen molar-refractivity contribution < 1.29 is 15.0 Å². The molecule has 2 rings (SSSR count). The molecule has 6 heteroatoms. The van der Waals surface area contributed by atoms with E-state index in [9.17, 15) is 15.0 Å². The van der Waals surface area contributed by atoms with E-state index in [1.165, 1.54) is 11.3 Å². The number of nitrogens with two attached hydrogens (primary N) is 1. The van der Waals surface area contributed by atoms with E-state index < -0.39 is 18.1 Å². The molecular weight excluding hydrogens is 258 g/mol. The number of primary amides is 1. The summed E-state index contributed by atoms with van der Waals surface area (Å²) in [4.78, 5) is 13.4. The van der Waals surface area contributed by atoms with Crippen LogP contribution in [-0.4, -0.2) is 22.2 Å². The van der Waals surface area contributed by atoms with Gasteiger partial charge in [-0.3, -0.25) is 4.79 Å². The van der Waals surface area contributed by atoms with Crippen molar-refractivity contribution in [2.75, 3.05) is 0 Å². The molecule has 2 aromatic rings. The third-order valence-electron chi connectivity index (χ3n) is 2.27. The maximum atomic E-state index is 10.8. The maximum absolute atomic E-state index is 10.8. The van der Waals surface area contributed by atoms with E-state index in [4.69, 9.17) is 5.73 Å². The molecule has 0 spiro atoms. The topological polar surface area (TPSA) is 83.6 Å². The predicted molar refractivity (Wildman–Crippen MR) is 67.8 cm³/mol. The van der Waals surface area contributed by atoms with Crippen molar-refractivity contribution in [2.24, 2.45) is 5.73 Å². The molecule has 90 valence electrons. The zero-order valence-corrected chi connectivity index (χ0v) is 10.4. The zero-order chi connectivity index (χ0) is 12.4. The fraction of sp³-hybridized carbons (Fsp3) is 0.182. The maximum Gasteiger partial charge on any atom is 0.249 e. The Balaban J connectivity index is 2.21. The van der Waals surface area contributed by atoms with Crippen molar-refractivity contribution in [3.8, 4) is 9.75 Å². The van der Waals surface area contributed by atoms with Gasteiger partial charge in [-0.05, 0) is 23.6 Å². The lowest BCUT2D eigenvalue weighted by atomic mass is 10.1. The van der Waals surface area contributed by atoms with Gasteiger partial charge in [-0.25, -0.2) is 0 Å². The average Bonchev–Trinajstić information content (AvgIpc) is 2.96. The highest BCUT2D eigenvalue weighted by Crippen LogP contribution is 2.34. The summed E-state index contributed by atoms with van der Waals surface area (Å²) in [7, 11) is 0. The minimum absolute atomic E-state index is 0.528. The fourth-order valence-electron chi connectivity index (χ4n) is 1.37. The van der Waals surface area contributed by atoms with Crippen molar-refractivity contribution in [1.29, 1.82) is 0 Å². The lowest BCUT2D eigenvalue weighted by Crippen LogP contribution is -2.33. The second kappa shape index (κ2) is 4.97. The first-order valence-corrected chi connectivity index (χ1v) is 6.58. The minimum Gasteiger partial charge on any atom is -0.384 e. The number of thiophene rings is 2. The Hall–Kier alpha value is -1.21. The smallest absolute Gasteiger partial charge is 0.249 e. The van der Waals surface area contributed by atoms with Crippen LogP contribution in [0, 0.1) is 0 Å². The van der Waals surface area contributed by atoms with Crippen LogP contribution >= 0.6 is 22.7 Å². The molecule has 2 unspecified atom stereocenters. The minimum atomic E-state index is -1.56.